The number of hydrogen-bond acceptors (Lipinski definition) is 3. The van der Waals surface area contributed by atoms with Gasteiger partial charge in [0.1, 0.15) is 5.82 Å². The number of carbonyl (C=O) groups excluding carboxylic acids is 1. The molecule has 5 heteroatoms. The highest BCUT2D eigenvalue weighted by molar-refractivity contribution is 5.81. The quantitative estimate of drug-likeness (QED) is 0.920. The molecule has 1 aromatic carbocycles. The van der Waals surface area contributed by atoms with Gasteiger partial charge in [0.05, 0.1) is 11.7 Å². The topological polar surface area (TPSA) is 35.6 Å². The van der Waals surface area contributed by atoms with E-state index in [-0.39, 0.29) is 17.8 Å². The number of nitrogens with zero attached hydrogens (tertiary/aromatic N) is 2. The van der Waals surface area contributed by atoms with E-state index in [4.69, 9.17) is 0 Å². The van der Waals surface area contributed by atoms with Gasteiger partial charge < -0.3 is 10.2 Å². The molecule has 132 valence electrons. The zero-order chi connectivity index (χ0) is 16.9. The lowest BCUT2D eigenvalue weighted by Crippen LogP contribution is -2.55. The van der Waals surface area contributed by atoms with Crippen molar-refractivity contribution < 1.29 is 9.18 Å². The van der Waals surface area contributed by atoms with Crippen LogP contribution in [0.15, 0.2) is 24.3 Å². The molecule has 2 fully saturated rings. The van der Waals surface area contributed by atoms with Gasteiger partial charge in [-0.15, -0.1) is 0 Å². The molecular weight excluding hydrogens is 305 g/mol. The molecule has 1 amide bonds. The van der Waals surface area contributed by atoms with Crippen molar-refractivity contribution in [1.29, 1.82) is 0 Å². The van der Waals surface area contributed by atoms with Gasteiger partial charge in [-0.25, -0.2) is 4.39 Å². The van der Waals surface area contributed by atoms with Crippen molar-refractivity contribution in [2.24, 2.45) is 0 Å². The Kier molecular flexibility index (Phi) is 5.72. The fourth-order valence-electron chi connectivity index (χ4n) is 3.79. The van der Waals surface area contributed by atoms with E-state index in [2.05, 4.69) is 15.1 Å². The lowest BCUT2D eigenvalue weighted by atomic mass is 9.95. The van der Waals surface area contributed by atoms with E-state index < -0.39 is 0 Å². The number of amides is 1. The highest BCUT2D eigenvalue weighted by Gasteiger charge is 2.27. The molecule has 1 saturated carbocycles. The van der Waals surface area contributed by atoms with Gasteiger partial charge in [0.2, 0.25) is 5.91 Å². The molecule has 1 heterocycles. The average Bonchev–Trinajstić information content (AvgIpc) is 2.62. The number of halogens is 1. The third-order valence-corrected chi connectivity index (χ3v) is 5.39. The highest BCUT2D eigenvalue weighted by atomic mass is 19.1. The van der Waals surface area contributed by atoms with Gasteiger partial charge in [0, 0.05) is 32.2 Å². The Balaban J connectivity index is 1.50. The second kappa shape index (κ2) is 7.97. The largest absolute Gasteiger partial charge is 0.367 e. The van der Waals surface area contributed by atoms with E-state index >= 15 is 0 Å². The summed E-state index contributed by atoms with van der Waals surface area (Å²) in [6.45, 7) is 5.06. The fourth-order valence-corrected chi connectivity index (χ4v) is 3.79. The second-order valence-electron chi connectivity index (χ2n) is 6.99. The van der Waals surface area contributed by atoms with Crippen LogP contribution in [0.25, 0.3) is 0 Å². The number of carbonyl (C=O) groups is 1. The summed E-state index contributed by atoms with van der Waals surface area (Å²) in [4.78, 5) is 16.8. The average molecular weight is 333 g/mol. The van der Waals surface area contributed by atoms with Crippen LogP contribution in [0.3, 0.4) is 0 Å². The van der Waals surface area contributed by atoms with Crippen molar-refractivity contribution in [1.82, 2.24) is 10.2 Å². The summed E-state index contributed by atoms with van der Waals surface area (Å²) >= 11 is 0. The summed E-state index contributed by atoms with van der Waals surface area (Å²) in [5.74, 6) is -0.0321. The normalized spacial score (nSPS) is 21.5. The molecule has 1 aromatic rings. The standard InChI is InChI=1S/C19H28FN3O/c1-15(19(24)21-16-7-3-2-4-8-16)22-11-13-23(14-12-22)18-10-6-5-9-17(18)20/h5-6,9-10,15-16H,2-4,7-8,11-14H2,1H3,(H,21,24)/t15-/m1/s1. The summed E-state index contributed by atoms with van der Waals surface area (Å²) in [6, 6.07) is 7.15. The lowest BCUT2D eigenvalue weighted by Gasteiger charge is -2.39. The van der Waals surface area contributed by atoms with Crippen LogP contribution in [0.5, 0.6) is 0 Å². The van der Waals surface area contributed by atoms with Crippen molar-refractivity contribution in [3.63, 3.8) is 0 Å². The van der Waals surface area contributed by atoms with E-state index in [0.717, 1.165) is 39.0 Å². The van der Waals surface area contributed by atoms with Crippen LogP contribution in [0.1, 0.15) is 39.0 Å². The van der Waals surface area contributed by atoms with Crippen molar-refractivity contribution >= 4 is 11.6 Å². The lowest BCUT2D eigenvalue weighted by molar-refractivity contribution is -0.127. The summed E-state index contributed by atoms with van der Waals surface area (Å²) in [6.07, 6.45) is 5.96. The zero-order valence-electron chi connectivity index (χ0n) is 14.5. The molecule has 1 atom stereocenters. The molecule has 0 aromatic heterocycles. The summed E-state index contributed by atoms with van der Waals surface area (Å²) in [7, 11) is 0. The van der Waals surface area contributed by atoms with Crippen molar-refractivity contribution in [2.75, 3.05) is 31.1 Å². The van der Waals surface area contributed by atoms with Gasteiger partial charge in [0.25, 0.3) is 0 Å². The maximum atomic E-state index is 13.9. The molecule has 24 heavy (non-hydrogen) atoms. The van der Waals surface area contributed by atoms with E-state index in [1.165, 1.54) is 25.3 Å². The minimum Gasteiger partial charge on any atom is -0.367 e. The Labute approximate surface area is 144 Å². The Bertz CT molecular complexity index is 551. The number of para-hydroxylation sites is 1. The van der Waals surface area contributed by atoms with Crippen LogP contribution >= 0.6 is 0 Å². The van der Waals surface area contributed by atoms with Crippen LogP contribution in [-0.4, -0.2) is 49.1 Å². The van der Waals surface area contributed by atoms with Crippen LogP contribution in [-0.2, 0) is 4.79 Å². The second-order valence-corrected chi connectivity index (χ2v) is 6.99. The number of nitrogens with one attached hydrogen (secondary N) is 1. The van der Waals surface area contributed by atoms with E-state index in [0.29, 0.717) is 11.7 Å². The molecule has 1 N–H and O–H groups in total. The van der Waals surface area contributed by atoms with Gasteiger partial charge in [-0.05, 0) is 31.9 Å². The molecule has 4 nitrogen and oxygen atoms in total. The molecule has 0 spiro atoms. The summed E-state index contributed by atoms with van der Waals surface area (Å²) in [5, 5.41) is 3.21. The predicted octanol–water partition coefficient (Wildman–Crippen LogP) is 2.79. The third-order valence-electron chi connectivity index (χ3n) is 5.39. The summed E-state index contributed by atoms with van der Waals surface area (Å²) in [5.41, 5.74) is 0.663. The minimum absolute atomic E-state index is 0.116. The SMILES string of the molecule is C[C@H](C(=O)NC1CCCCC1)N1CCN(c2ccccc2F)CC1. The first-order chi connectivity index (χ1) is 11.6. The van der Waals surface area contributed by atoms with Gasteiger partial charge in [0.15, 0.2) is 0 Å². The number of benzene rings is 1. The maximum Gasteiger partial charge on any atom is 0.237 e. The smallest absolute Gasteiger partial charge is 0.237 e. The Morgan fingerprint density at radius 3 is 2.46 bits per heavy atom. The van der Waals surface area contributed by atoms with Crippen LogP contribution in [0.4, 0.5) is 10.1 Å². The molecule has 0 bridgehead atoms. The van der Waals surface area contributed by atoms with Gasteiger partial charge in [-0.1, -0.05) is 31.4 Å². The molecule has 2 aliphatic rings. The maximum absolute atomic E-state index is 13.9. The molecule has 0 radical (unpaired) electrons. The van der Waals surface area contributed by atoms with Crippen molar-refractivity contribution in [3.8, 4) is 0 Å². The zero-order valence-corrected chi connectivity index (χ0v) is 14.5. The minimum atomic E-state index is -0.172. The first-order valence-corrected chi connectivity index (χ1v) is 9.19. The Morgan fingerprint density at radius 1 is 1.12 bits per heavy atom. The molecule has 1 aliphatic carbocycles. The van der Waals surface area contributed by atoms with Crippen LogP contribution in [0, 0.1) is 5.82 Å². The molecular formula is C19H28FN3O. The van der Waals surface area contributed by atoms with Crippen molar-refractivity contribution in [3.05, 3.63) is 30.1 Å². The first kappa shape index (κ1) is 17.2. The van der Waals surface area contributed by atoms with Gasteiger partial charge in [-0.2, -0.15) is 0 Å². The van der Waals surface area contributed by atoms with E-state index in [1.807, 2.05) is 19.1 Å². The Morgan fingerprint density at radius 2 is 1.79 bits per heavy atom. The molecule has 0 unspecified atom stereocenters. The predicted molar refractivity (Wildman–Crippen MR) is 94.7 cm³/mol. The monoisotopic (exact) mass is 333 g/mol. The number of hydrogen-bond donors (Lipinski definition) is 1. The van der Waals surface area contributed by atoms with Crippen LogP contribution in [0.2, 0.25) is 0 Å². The fraction of sp³-hybridized carbons (Fsp3) is 0.632. The van der Waals surface area contributed by atoms with E-state index in [1.54, 1.807) is 6.07 Å². The van der Waals surface area contributed by atoms with Crippen LogP contribution < -0.4 is 10.2 Å². The van der Waals surface area contributed by atoms with Gasteiger partial charge in [-0.3, -0.25) is 9.69 Å². The highest BCUT2D eigenvalue weighted by Crippen LogP contribution is 2.21. The van der Waals surface area contributed by atoms with Gasteiger partial charge >= 0.3 is 0 Å². The van der Waals surface area contributed by atoms with E-state index in [9.17, 15) is 9.18 Å². The number of anilines is 1. The summed E-state index contributed by atoms with van der Waals surface area (Å²) < 4.78 is 13.9. The molecule has 1 aliphatic heterocycles. The first-order valence-electron chi connectivity index (χ1n) is 9.19. The third kappa shape index (κ3) is 4.07. The molecule has 3 rings (SSSR count). The molecule has 1 saturated heterocycles. The number of rotatable bonds is 4. The number of piperazine rings is 1. The van der Waals surface area contributed by atoms with Crippen molar-refractivity contribution in [2.45, 2.75) is 51.1 Å². The Hall–Kier alpha value is -1.62.